The van der Waals surface area contributed by atoms with E-state index in [1.807, 2.05) is 36.0 Å². The Hall–Kier alpha value is -3.60. The molecule has 0 amide bonds. The van der Waals surface area contributed by atoms with Crippen LogP contribution in [0.1, 0.15) is 36.7 Å². The molecule has 2 N–H and O–H groups in total. The summed E-state index contributed by atoms with van der Waals surface area (Å²) in [6.45, 7) is 13.7. The van der Waals surface area contributed by atoms with Gasteiger partial charge in [0.25, 0.3) is 0 Å². The number of amidine groups is 1. The van der Waals surface area contributed by atoms with Crippen LogP contribution in [0.4, 0.5) is 10.2 Å². The van der Waals surface area contributed by atoms with Gasteiger partial charge in [-0.25, -0.2) is 19.0 Å². The maximum absolute atomic E-state index is 14.0. The first-order valence-corrected chi connectivity index (χ1v) is 14.6. The van der Waals surface area contributed by atoms with Crippen LogP contribution < -0.4 is 10.6 Å². The summed E-state index contributed by atoms with van der Waals surface area (Å²) in [5.74, 6) is 2.22. The van der Waals surface area contributed by atoms with Crippen molar-refractivity contribution in [3.05, 3.63) is 78.5 Å². The Bertz CT molecular complexity index is 1330. The first kappa shape index (κ1) is 28.9. The fraction of sp³-hybridized carbons (Fsp3) is 0.452. The second-order valence-corrected chi connectivity index (χ2v) is 10.5. The lowest BCUT2D eigenvalue weighted by Crippen LogP contribution is -2.47. The summed E-state index contributed by atoms with van der Waals surface area (Å²) in [6.07, 6.45) is 6.43. The average molecular weight is 561 g/mol. The number of benzene rings is 1. The Morgan fingerprint density at radius 3 is 2.76 bits per heavy atom. The first-order chi connectivity index (χ1) is 20.1. The van der Waals surface area contributed by atoms with Crippen LogP contribution in [0.25, 0.3) is 11.4 Å². The molecular weight excluding hydrogens is 519 g/mol. The van der Waals surface area contributed by atoms with Crippen LogP contribution in [-0.4, -0.2) is 89.3 Å². The molecule has 4 heterocycles. The Morgan fingerprint density at radius 2 is 1.98 bits per heavy atom. The molecule has 2 saturated heterocycles. The monoisotopic (exact) mass is 560 g/mol. The van der Waals surface area contributed by atoms with Crippen molar-refractivity contribution in [1.29, 1.82) is 0 Å². The van der Waals surface area contributed by atoms with E-state index in [1.165, 1.54) is 6.07 Å². The predicted octanol–water partition coefficient (Wildman–Crippen LogP) is 4.06. The smallest absolute Gasteiger partial charge is 0.149 e. The molecule has 2 aliphatic rings. The number of nitrogens with zero attached hydrogens (tertiary/aromatic N) is 7. The van der Waals surface area contributed by atoms with Crippen molar-refractivity contribution in [3.8, 4) is 11.4 Å². The van der Waals surface area contributed by atoms with E-state index in [-0.39, 0.29) is 11.9 Å². The number of hydrogen-bond acceptors (Lipinski definition) is 7. The molecule has 9 nitrogen and oxygen atoms in total. The zero-order valence-electron chi connectivity index (χ0n) is 24.0. The second-order valence-electron chi connectivity index (χ2n) is 10.5. The predicted molar refractivity (Wildman–Crippen MR) is 161 cm³/mol. The second kappa shape index (κ2) is 13.8. The lowest BCUT2D eigenvalue weighted by molar-refractivity contribution is 0.101. The summed E-state index contributed by atoms with van der Waals surface area (Å²) in [5.41, 5.74) is 8.12. The van der Waals surface area contributed by atoms with Gasteiger partial charge < -0.3 is 20.3 Å². The van der Waals surface area contributed by atoms with Gasteiger partial charge in [-0.15, -0.1) is 5.10 Å². The molecule has 0 unspecified atom stereocenters. The molecule has 2 aliphatic heterocycles. The molecule has 41 heavy (non-hydrogen) atoms. The Labute approximate surface area is 242 Å². The summed E-state index contributed by atoms with van der Waals surface area (Å²) in [4.78, 5) is 16.6. The summed E-state index contributed by atoms with van der Waals surface area (Å²) >= 11 is 0. The third kappa shape index (κ3) is 7.01. The number of ether oxygens (including phenoxy) is 1. The maximum Gasteiger partial charge on any atom is 0.149 e. The van der Waals surface area contributed by atoms with E-state index in [4.69, 9.17) is 20.6 Å². The number of anilines is 1. The number of rotatable bonds is 11. The van der Waals surface area contributed by atoms with Crippen LogP contribution in [0.5, 0.6) is 0 Å². The van der Waals surface area contributed by atoms with Crippen molar-refractivity contribution in [2.45, 2.75) is 32.2 Å². The number of pyridine rings is 1. The first-order valence-electron chi connectivity index (χ1n) is 14.6. The van der Waals surface area contributed by atoms with Gasteiger partial charge >= 0.3 is 0 Å². The van der Waals surface area contributed by atoms with Crippen LogP contribution in [-0.2, 0) is 4.74 Å². The van der Waals surface area contributed by atoms with Crippen molar-refractivity contribution >= 4 is 11.7 Å². The Kier molecular flexibility index (Phi) is 9.76. The maximum atomic E-state index is 14.0. The van der Waals surface area contributed by atoms with E-state index in [1.54, 1.807) is 18.2 Å². The highest BCUT2D eigenvalue weighted by atomic mass is 19.1. The fourth-order valence-electron chi connectivity index (χ4n) is 5.58. The van der Waals surface area contributed by atoms with E-state index in [0.717, 1.165) is 106 Å². The summed E-state index contributed by atoms with van der Waals surface area (Å²) in [7, 11) is 0. The zero-order valence-corrected chi connectivity index (χ0v) is 24.0. The van der Waals surface area contributed by atoms with Crippen LogP contribution in [0.15, 0.2) is 66.4 Å². The highest BCUT2D eigenvalue weighted by Gasteiger charge is 2.28. The van der Waals surface area contributed by atoms with Gasteiger partial charge in [0.1, 0.15) is 29.0 Å². The van der Waals surface area contributed by atoms with Gasteiger partial charge in [0.15, 0.2) is 0 Å². The molecule has 2 aromatic heterocycles. The quantitative estimate of drug-likeness (QED) is 0.215. The van der Waals surface area contributed by atoms with Gasteiger partial charge in [0, 0.05) is 45.9 Å². The number of hydrogen-bond donors (Lipinski definition) is 1. The van der Waals surface area contributed by atoms with Gasteiger partial charge in [-0.05, 0) is 68.6 Å². The summed E-state index contributed by atoms with van der Waals surface area (Å²) in [5, 5.41) is 5.00. The number of halogens is 1. The number of aryl methyl sites for hydroxylation is 1. The molecule has 3 aromatic rings. The highest BCUT2D eigenvalue weighted by molar-refractivity contribution is 5.93. The van der Waals surface area contributed by atoms with Crippen LogP contribution in [0.2, 0.25) is 0 Å². The topological polar surface area (TPSA) is 88.0 Å². The fourth-order valence-corrected chi connectivity index (χ4v) is 5.58. The minimum absolute atomic E-state index is 0.0485. The zero-order chi connectivity index (χ0) is 28.6. The normalized spacial score (nSPS) is 18.3. The third-order valence-electron chi connectivity index (χ3n) is 7.81. The Balaban J connectivity index is 1.30. The van der Waals surface area contributed by atoms with Crippen LogP contribution in [0, 0.1) is 12.7 Å². The van der Waals surface area contributed by atoms with Crippen molar-refractivity contribution in [1.82, 2.24) is 24.4 Å². The van der Waals surface area contributed by atoms with E-state index in [0.29, 0.717) is 6.54 Å². The van der Waals surface area contributed by atoms with Crippen LogP contribution in [0.3, 0.4) is 0 Å². The lowest BCUT2D eigenvalue weighted by atomic mass is 10.0. The lowest BCUT2D eigenvalue weighted by Gasteiger charge is -2.35. The minimum Gasteiger partial charge on any atom is -0.380 e. The number of piperazine rings is 1. The average Bonchev–Trinajstić information content (AvgIpc) is 3.63. The number of imidazole rings is 1. The molecule has 0 saturated carbocycles. The van der Waals surface area contributed by atoms with Gasteiger partial charge in [-0.1, -0.05) is 24.8 Å². The number of aromatic nitrogens is 3. The van der Waals surface area contributed by atoms with E-state index in [9.17, 15) is 4.39 Å². The minimum atomic E-state index is -0.223. The molecule has 2 fully saturated rings. The van der Waals surface area contributed by atoms with Crippen molar-refractivity contribution < 1.29 is 9.13 Å². The van der Waals surface area contributed by atoms with Crippen molar-refractivity contribution in [2.75, 3.05) is 63.9 Å². The summed E-state index contributed by atoms with van der Waals surface area (Å²) in [6, 6.07) is 13.0. The standard InChI is InChI=1S/C31H41FN8O/c1-3-30(39-14-6-11-28(39)25-8-4-9-26(32)22-25)36-40-24(2)34-23-29(40)27-10-5-12-31(35-27)38-17-15-37(16-18-38)19-21-41-20-7-13-33/h3-5,8-10,12,22-23,28H,1,6-7,11,13-21,33H2,2H3/b36-30+/t28-/m1/s1. The number of likely N-dealkylation sites (tertiary alicyclic amines) is 1. The SMILES string of the molecule is C=C/C(=N\n1c(-c2cccc(N3CCN(CCOCCCN)CC3)n2)cnc1C)N1CCC[C@@H]1c1cccc(F)c1. The van der Waals surface area contributed by atoms with E-state index in [2.05, 4.69) is 32.3 Å². The van der Waals surface area contributed by atoms with Gasteiger partial charge in [-0.2, -0.15) is 0 Å². The largest absolute Gasteiger partial charge is 0.380 e. The summed E-state index contributed by atoms with van der Waals surface area (Å²) < 4.78 is 21.5. The van der Waals surface area contributed by atoms with Gasteiger partial charge in [0.2, 0.25) is 0 Å². The molecule has 1 aromatic carbocycles. The molecule has 5 rings (SSSR count). The molecule has 10 heteroatoms. The molecule has 218 valence electrons. The van der Waals surface area contributed by atoms with Gasteiger partial charge in [-0.3, -0.25) is 4.90 Å². The third-order valence-corrected chi connectivity index (χ3v) is 7.81. The van der Waals surface area contributed by atoms with Crippen LogP contribution >= 0.6 is 0 Å². The van der Waals surface area contributed by atoms with Gasteiger partial charge in [0.05, 0.1) is 24.5 Å². The van der Waals surface area contributed by atoms with Crippen molar-refractivity contribution in [2.24, 2.45) is 10.8 Å². The molecule has 0 radical (unpaired) electrons. The Morgan fingerprint density at radius 1 is 1.15 bits per heavy atom. The van der Waals surface area contributed by atoms with Crippen molar-refractivity contribution in [3.63, 3.8) is 0 Å². The number of nitrogens with two attached hydrogens (primary N) is 1. The molecule has 0 spiro atoms. The molecule has 0 bridgehead atoms. The molecule has 1 atom stereocenters. The molecule has 0 aliphatic carbocycles. The van der Waals surface area contributed by atoms with E-state index >= 15 is 0 Å². The van der Waals surface area contributed by atoms with E-state index < -0.39 is 0 Å². The molecular formula is C31H41FN8O. The highest BCUT2D eigenvalue weighted by Crippen LogP contribution is 2.33.